The second-order valence-corrected chi connectivity index (χ2v) is 8.59. The van der Waals surface area contributed by atoms with Crippen LogP contribution in [0.2, 0.25) is 0 Å². The number of aliphatic imine (C=N–C) groups is 1. The van der Waals surface area contributed by atoms with E-state index in [1.54, 1.807) is 18.5 Å². The number of Topliss-reactive ketones (excluding diaryl/α,β-unsaturated/α-hetero) is 1. The molecule has 148 valence electrons. The van der Waals surface area contributed by atoms with Gasteiger partial charge in [0.05, 0.1) is 11.3 Å². The second kappa shape index (κ2) is 7.21. The Morgan fingerprint density at radius 1 is 1.07 bits per heavy atom. The zero-order valence-corrected chi connectivity index (χ0v) is 17.0. The molecule has 3 atom stereocenters. The first kappa shape index (κ1) is 18.2. The summed E-state index contributed by atoms with van der Waals surface area (Å²) >= 11 is 0. The standard InChI is InChI=1S/C24H26N4O/c1-15-12-16-6-3-7-17(13-16)28(2)20(15)14-27-23-18-8-4-10-25-21(18)22-19(24(23)29)9-5-11-26-22/h4-5,8-11,14-17H,3,6-7,12-13H2,1-2H3/b20-14+,27-23-. The van der Waals surface area contributed by atoms with Gasteiger partial charge in [0.25, 0.3) is 0 Å². The number of aromatic nitrogens is 2. The van der Waals surface area contributed by atoms with Gasteiger partial charge < -0.3 is 4.90 Å². The molecule has 3 unspecified atom stereocenters. The van der Waals surface area contributed by atoms with Crippen molar-refractivity contribution in [2.75, 3.05) is 7.05 Å². The van der Waals surface area contributed by atoms with E-state index in [1.165, 1.54) is 37.8 Å². The van der Waals surface area contributed by atoms with Gasteiger partial charge >= 0.3 is 0 Å². The Kier molecular flexibility index (Phi) is 4.53. The van der Waals surface area contributed by atoms with Gasteiger partial charge in [-0.1, -0.05) is 19.8 Å². The Hall–Kier alpha value is -2.82. The summed E-state index contributed by atoms with van der Waals surface area (Å²) in [6, 6.07) is 7.97. The van der Waals surface area contributed by atoms with Crippen LogP contribution in [0.15, 0.2) is 53.5 Å². The Bertz CT molecular complexity index is 1030. The topological polar surface area (TPSA) is 58.5 Å². The highest BCUT2D eigenvalue weighted by Crippen LogP contribution is 2.39. The summed E-state index contributed by atoms with van der Waals surface area (Å²) in [5.41, 5.74) is 4.43. The number of allylic oxidation sites excluding steroid dienone is 1. The largest absolute Gasteiger partial charge is 0.373 e. The molecule has 2 bridgehead atoms. The van der Waals surface area contributed by atoms with Crippen LogP contribution in [0.3, 0.4) is 0 Å². The van der Waals surface area contributed by atoms with Crippen molar-refractivity contribution in [2.24, 2.45) is 16.8 Å². The van der Waals surface area contributed by atoms with Crippen molar-refractivity contribution < 1.29 is 4.79 Å². The Morgan fingerprint density at radius 2 is 1.79 bits per heavy atom. The highest BCUT2D eigenvalue weighted by molar-refractivity contribution is 6.54. The highest BCUT2D eigenvalue weighted by Gasteiger charge is 2.34. The maximum absolute atomic E-state index is 13.2. The molecule has 2 fully saturated rings. The number of hydrogen-bond donors (Lipinski definition) is 0. The normalized spacial score (nSPS) is 28.8. The fourth-order valence-electron chi connectivity index (χ4n) is 5.30. The van der Waals surface area contributed by atoms with Gasteiger partial charge in [0, 0.05) is 42.9 Å². The van der Waals surface area contributed by atoms with Gasteiger partial charge in [0.2, 0.25) is 5.78 Å². The molecule has 0 aromatic carbocycles. The highest BCUT2D eigenvalue weighted by atomic mass is 16.1. The molecule has 1 saturated carbocycles. The van der Waals surface area contributed by atoms with Crippen LogP contribution in [-0.4, -0.2) is 39.5 Å². The summed E-state index contributed by atoms with van der Waals surface area (Å²) in [6.07, 6.45) is 11.8. The molecule has 5 rings (SSSR count). The van der Waals surface area contributed by atoms with E-state index in [0.717, 1.165) is 17.2 Å². The first-order chi connectivity index (χ1) is 14.1. The molecule has 2 aromatic rings. The Morgan fingerprint density at radius 3 is 2.59 bits per heavy atom. The zero-order chi connectivity index (χ0) is 20.0. The quantitative estimate of drug-likeness (QED) is 0.724. The van der Waals surface area contributed by atoms with Gasteiger partial charge in [-0.15, -0.1) is 0 Å². The number of carbonyl (C=O) groups is 1. The van der Waals surface area contributed by atoms with E-state index < -0.39 is 0 Å². The number of hydrogen-bond acceptors (Lipinski definition) is 5. The molecule has 5 heteroatoms. The van der Waals surface area contributed by atoms with E-state index in [9.17, 15) is 4.79 Å². The maximum atomic E-state index is 13.2. The summed E-state index contributed by atoms with van der Waals surface area (Å²) in [5, 5.41) is 0. The third kappa shape index (κ3) is 3.09. The minimum Gasteiger partial charge on any atom is -0.373 e. The van der Waals surface area contributed by atoms with Crippen molar-refractivity contribution in [3.63, 3.8) is 0 Å². The average molecular weight is 386 g/mol. The molecule has 1 aliphatic heterocycles. The summed E-state index contributed by atoms with van der Waals surface area (Å²) in [6.45, 7) is 2.29. The molecule has 5 nitrogen and oxygen atoms in total. The third-order valence-electron chi connectivity index (χ3n) is 6.78. The van der Waals surface area contributed by atoms with Crippen molar-refractivity contribution in [3.8, 4) is 11.4 Å². The van der Waals surface area contributed by atoms with Crippen molar-refractivity contribution in [2.45, 2.75) is 45.1 Å². The third-order valence-corrected chi connectivity index (χ3v) is 6.78. The van der Waals surface area contributed by atoms with Crippen molar-refractivity contribution >= 4 is 11.5 Å². The smallest absolute Gasteiger partial charge is 0.214 e. The summed E-state index contributed by atoms with van der Waals surface area (Å²) in [7, 11) is 2.19. The molecule has 2 aliphatic carbocycles. The lowest BCUT2D eigenvalue weighted by Crippen LogP contribution is -2.33. The Balaban J connectivity index is 1.59. The SMILES string of the molecule is CC1CC2CCCC(C2)N(C)/C1=C/N=C1\C(=O)c2cccnc2-c2ncccc21. The lowest BCUT2D eigenvalue weighted by molar-refractivity contribution is 0.106. The van der Waals surface area contributed by atoms with Crippen LogP contribution in [0.5, 0.6) is 0 Å². The van der Waals surface area contributed by atoms with E-state index >= 15 is 0 Å². The van der Waals surface area contributed by atoms with Crippen molar-refractivity contribution in [3.05, 3.63) is 59.7 Å². The molecule has 2 aromatic heterocycles. The van der Waals surface area contributed by atoms with Crippen LogP contribution in [0.1, 0.15) is 54.9 Å². The van der Waals surface area contributed by atoms with Crippen LogP contribution in [-0.2, 0) is 0 Å². The zero-order valence-electron chi connectivity index (χ0n) is 17.0. The molecule has 0 N–H and O–H groups in total. The lowest BCUT2D eigenvalue weighted by atomic mass is 9.82. The molecular weight excluding hydrogens is 360 g/mol. The van der Waals surface area contributed by atoms with Crippen LogP contribution in [0, 0.1) is 11.8 Å². The van der Waals surface area contributed by atoms with Crippen molar-refractivity contribution in [1.82, 2.24) is 14.9 Å². The molecule has 3 aliphatic rings. The molecule has 0 spiro atoms. The molecule has 0 amide bonds. The van der Waals surface area contributed by atoms with Gasteiger partial charge in [-0.25, -0.2) is 0 Å². The van der Waals surface area contributed by atoms with Crippen LogP contribution in [0.25, 0.3) is 11.4 Å². The van der Waals surface area contributed by atoms with Gasteiger partial charge in [0.15, 0.2) is 0 Å². The monoisotopic (exact) mass is 386 g/mol. The van der Waals surface area contributed by atoms with Crippen molar-refractivity contribution in [1.29, 1.82) is 0 Å². The van der Waals surface area contributed by atoms with E-state index in [4.69, 9.17) is 4.99 Å². The minimum atomic E-state index is -0.0758. The predicted molar refractivity (Wildman–Crippen MR) is 114 cm³/mol. The second-order valence-electron chi connectivity index (χ2n) is 8.59. The molecule has 29 heavy (non-hydrogen) atoms. The van der Waals surface area contributed by atoms with Gasteiger partial charge in [-0.3, -0.25) is 19.8 Å². The molecular formula is C24H26N4O. The van der Waals surface area contributed by atoms with Crippen LogP contribution >= 0.6 is 0 Å². The molecule has 3 heterocycles. The van der Waals surface area contributed by atoms with Gasteiger partial charge in [-0.2, -0.15) is 0 Å². The number of fused-ring (bicyclic) bond motifs is 5. The van der Waals surface area contributed by atoms with E-state index in [-0.39, 0.29) is 5.78 Å². The summed E-state index contributed by atoms with van der Waals surface area (Å²) < 4.78 is 0. The first-order valence-corrected chi connectivity index (χ1v) is 10.6. The lowest BCUT2D eigenvalue weighted by Gasteiger charge is -2.34. The van der Waals surface area contributed by atoms with E-state index in [2.05, 4.69) is 28.8 Å². The number of pyridine rings is 2. The average Bonchev–Trinajstić information content (AvgIpc) is 2.82. The van der Waals surface area contributed by atoms with Gasteiger partial charge in [-0.05, 0) is 55.4 Å². The number of likely N-dealkylation sites (tertiary alicyclic amines) is 1. The Labute approximate surface area is 171 Å². The fourth-order valence-corrected chi connectivity index (χ4v) is 5.30. The number of rotatable bonds is 1. The molecule has 1 saturated heterocycles. The first-order valence-electron chi connectivity index (χ1n) is 10.6. The minimum absolute atomic E-state index is 0.0758. The summed E-state index contributed by atoms with van der Waals surface area (Å²) in [4.78, 5) is 29.3. The van der Waals surface area contributed by atoms with E-state index in [0.29, 0.717) is 28.9 Å². The fraction of sp³-hybridized carbons (Fsp3) is 0.417. The molecule has 0 radical (unpaired) electrons. The van der Waals surface area contributed by atoms with Crippen LogP contribution in [0.4, 0.5) is 0 Å². The predicted octanol–water partition coefficient (Wildman–Crippen LogP) is 4.50. The number of ketones is 1. The van der Waals surface area contributed by atoms with Gasteiger partial charge in [0.1, 0.15) is 11.4 Å². The van der Waals surface area contributed by atoms with Crippen LogP contribution < -0.4 is 0 Å². The number of carbonyl (C=O) groups excluding carboxylic acids is 1. The number of nitrogens with zero attached hydrogens (tertiary/aromatic N) is 4. The summed E-state index contributed by atoms with van der Waals surface area (Å²) in [5.74, 6) is 1.18. The van der Waals surface area contributed by atoms with E-state index in [1.807, 2.05) is 24.4 Å². The maximum Gasteiger partial charge on any atom is 0.214 e.